The molecular weight excluding hydrogens is 406 g/mol. The third-order valence-electron chi connectivity index (χ3n) is 4.84. The second-order valence-electron chi connectivity index (χ2n) is 7.03. The minimum Gasteiger partial charge on any atom is -0.497 e. The van der Waals surface area contributed by atoms with E-state index in [1.807, 2.05) is 67.6 Å². The Hall–Kier alpha value is -3.64. The SMILES string of the molecule is COc1cccc(C(Nc2ccccn2)c2cc(C)sc2NC(=O)c2ccccc2)c1. The topological polar surface area (TPSA) is 63.2 Å². The summed E-state index contributed by atoms with van der Waals surface area (Å²) >= 11 is 1.56. The largest absolute Gasteiger partial charge is 0.497 e. The lowest BCUT2D eigenvalue weighted by atomic mass is 9.99. The smallest absolute Gasteiger partial charge is 0.256 e. The number of benzene rings is 2. The third-order valence-corrected chi connectivity index (χ3v) is 5.82. The summed E-state index contributed by atoms with van der Waals surface area (Å²) in [5, 5.41) is 7.43. The van der Waals surface area contributed by atoms with Crippen LogP contribution in [0.2, 0.25) is 0 Å². The molecule has 0 saturated heterocycles. The fraction of sp³-hybridized carbons (Fsp3) is 0.120. The predicted molar refractivity (Wildman–Crippen MR) is 126 cm³/mol. The normalized spacial score (nSPS) is 11.5. The van der Waals surface area contributed by atoms with E-state index in [1.54, 1.807) is 36.8 Å². The van der Waals surface area contributed by atoms with Crippen LogP contribution in [-0.2, 0) is 0 Å². The summed E-state index contributed by atoms with van der Waals surface area (Å²) in [4.78, 5) is 18.4. The minimum atomic E-state index is -0.221. The molecule has 31 heavy (non-hydrogen) atoms. The van der Waals surface area contributed by atoms with Gasteiger partial charge in [-0.1, -0.05) is 36.4 Å². The number of thiophene rings is 1. The third kappa shape index (κ3) is 4.92. The molecule has 2 N–H and O–H groups in total. The van der Waals surface area contributed by atoms with Gasteiger partial charge in [0.05, 0.1) is 13.2 Å². The van der Waals surface area contributed by atoms with Crippen LogP contribution in [0.25, 0.3) is 0 Å². The molecule has 0 aliphatic carbocycles. The highest BCUT2D eigenvalue weighted by Crippen LogP contribution is 2.38. The molecule has 2 aromatic heterocycles. The van der Waals surface area contributed by atoms with Crippen LogP contribution in [0.1, 0.15) is 32.4 Å². The number of carbonyl (C=O) groups is 1. The van der Waals surface area contributed by atoms with Crippen molar-refractivity contribution in [1.29, 1.82) is 0 Å². The first-order valence-corrected chi connectivity index (χ1v) is 10.7. The number of nitrogens with zero attached hydrogens (tertiary/aromatic N) is 1. The molecule has 0 radical (unpaired) electrons. The van der Waals surface area contributed by atoms with Crippen LogP contribution in [0.3, 0.4) is 0 Å². The van der Waals surface area contributed by atoms with Crippen molar-refractivity contribution in [1.82, 2.24) is 4.98 Å². The van der Waals surface area contributed by atoms with Crippen LogP contribution in [0.4, 0.5) is 10.8 Å². The van der Waals surface area contributed by atoms with Gasteiger partial charge in [0, 0.05) is 22.2 Å². The summed E-state index contributed by atoms with van der Waals surface area (Å²) in [5.74, 6) is 1.39. The van der Waals surface area contributed by atoms with E-state index in [0.717, 1.165) is 32.6 Å². The van der Waals surface area contributed by atoms with E-state index >= 15 is 0 Å². The van der Waals surface area contributed by atoms with Crippen LogP contribution < -0.4 is 15.4 Å². The summed E-state index contributed by atoms with van der Waals surface area (Å²) in [7, 11) is 1.65. The molecule has 2 heterocycles. The maximum atomic E-state index is 12.8. The molecule has 0 saturated carbocycles. The average molecular weight is 430 g/mol. The van der Waals surface area contributed by atoms with Crippen LogP contribution >= 0.6 is 11.3 Å². The summed E-state index contributed by atoms with van der Waals surface area (Å²) < 4.78 is 5.44. The molecule has 0 bridgehead atoms. The zero-order chi connectivity index (χ0) is 21.6. The number of anilines is 2. The number of methoxy groups -OCH3 is 1. The number of rotatable bonds is 7. The van der Waals surface area contributed by atoms with Gasteiger partial charge in [0.15, 0.2) is 0 Å². The highest BCUT2D eigenvalue weighted by Gasteiger charge is 2.22. The van der Waals surface area contributed by atoms with E-state index in [0.29, 0.717) is 5.56 Å². The van der Waals surface area contributed by atoms with E-state index in [2.05, 4.69) is 21.7 Å². The number of hydrogen-bond acceptors (Lipinski definition) is 5. The first-order chi connectivity index (χ1) is 15.1. The van der Waals surface area contributed by atoms with Gasteiger partial charge in [0.1, 0.15) is 16.6 Å². The number of pyridine rings is 1. The molecule has 1 atom stereocenters. The molecule has 0 aliphatic rings. The van der Waals surface area contributed by atoms with Gasteiger partial charge in [-0.15, -0.1) is 11.3 Å². The van der Waals surface area contributed by atoms with Gasteiger partial charge >= 0.3 is 0 Å². The Morgan fingerprint density at radius 1 is 1.00 bits per heavy atom. The highest BCUT2D eigenvalue weighted by atomic mass is 32.1. The number of amides is 1. The zero-order valence-electron chi connectivity index (χ0n) is 17.3. The van der Waals surface area contributed by atoms with E-state index in [9.17, 15) is 4.79 Å². The van der Waals surface area contributed by atoms with Gasteiger partial charge in [0.25, 0.3) is 5.91 Å². The van der Waals surface area contributed by atoms with Crippen LogP contribution in [-0.4, -0.2) is 18.0 Å². The van der Waals surface area contributed by atoms with Crippen molar-refractivity contribution in [2.24, 2.45) is 0 Å². The Kier molecular flexibility index (Phi) is 6.29. The molecular formula is C25H23N3O2S. The molecule has 6 heteroatoms. The molecule has 156 valence electrons. The van der Waals surface area contributed by atoms with E-state index in [-0.39, 0.29) is 11.9 Å². The highest BCUT2D eigenvalue weighted by molar-refractivity contribution is 7.16. The molecule has 4 aromatic rings. The second-order valence-corrected chi connectivity index (χ2v) is 8.29. The lowest BCUT2D eigenvalue weighted by Crippen LogP contribution is -2.17. The molecule has 1 unspecified atom stereocenters. The van der Waals surface area contributed by atoms with Crippen molar-refractivity contribution in [2.45, 2.75) is 13.0 Å². The Morgan fingerprint density at radius 2 is 1.81 bits per heavy atom. The first-order valence-electron chi connectivity index (χ1n) is 9.92. The fourth-order valence-electron chi connectivity index (χ4n) is 3.37. The van der Waals surface area contributed by atoms with Crippen molar-refractivity contribution in [2.75, 3.05) is 17.7 Å². The van der Waals surface area contributed by atoms with Crippen molar-refractivity contribution in [3.8, 4) is 5.75 Å². The summed E-state index contributed by atoms with van der Waals surface area (Å²) in [5.41, 5.74) is 2.61. The van der Waals surface area contributed by atoms with Gasteiger partial charge in [0.2, 0.25) is 0 Å². The molecule has 2 aromatic carbocycles. The molecule has 0 aliphatic heterocycles. The number of nitrogens with one attached hydrogen (secondary N) is 2. The molecule has 4 rings (SSSR count). The Labute approximate surface area is 185 Å². The molecule has 0 fully saturated rings. The van der Waals surface area contributed by atoms with Crippen LogP contribution in [0, 0.1) is 6.92 Å². The van der Waals surface area contributed by atoms with Crippen LogP contribution in [0.5, 0.6) is 5.75 Å². The van der Waals surface area contributed by atoms with E-state index in [1.165, 1.54) is 0 Å². The summed E-state index contributed by atoms with van der Waals surface area (Å²) in [6.45, 7) is 2.04. The first kappa shape index (κ1) is 20.6. The van der Waals surface area contributed by atoms with Crippen molar-refractivity contribution >= 4 is 28.1 Å². The molecule has 0 spiro atoms. The van der Waals surface area contributed by atoms with Crippen LogP contribution in [0.15, 0.2) is 85.1 Å². The predicted octanol–water partition coefficient (Wildman–Crippen LogP) is 5.91. The number of aromatic nitrogens is 1. The van der Waals surface area contributed by atoms with Gasteiger partial charge < -0.3 is 15.4 Å². The van der Waals surface area contributed by atoms with Crippen molar-refractivity contribution in [3.63, 3.8) is 0 Å². The summed E-state index contributed by atoms with van der Waals surface area (Å²) in [6, 6.07) is 24.8. The molecule has 5 nitrogen and oxygen atoms in total. The van der Waals surface area contributed by atoms with Crippen molar-refractivity contribution in [3.05, 3.63) is 107 Å². The number of carbonyl (C=O) groups excluding carboxylic acids is 1. The lowest BCUT2D eigenvalue weighted by Gasteiger charge is -2.21. The second kappa shape index (κ2) is 9.45. The van der Waals surface area contributed by atoms with Gasteiger partial charge in [-0.2, -0.15) is 0 Å². The minimum absolute atomic E-state index is 0.133. The number of hydrogen-bond donors (Lipinski definition) is 2. The number of aryl methyl sites for hydroxylation is 1. The fourth-order valence-corrected chi connectivity index (χ4v) is 4.31. The monoisotopic (exact) mass is 429 g/mol. The lowest BCUT2D eigenvalue weighted by molar-refractivity contribution is 0.102. The Morgan fingerprint density at radius 3 is 2.55 bits per heavy atom. The van der Waals surface area contributed by atoms with Gasteiger partial charge in [-0.3, -0.25) is 4.79 Å². The van der Waals surface area contributed by atoms with E-state index < -0.39 is 0 Å². The summed E-state index contributed by atoms with van der Waals surface area (Å²) in [6.07, 6.45) is 1.75. The van der Waals surface area contributed by atoms with Gasteiger partial charge in [-0.25, -0.2) is 4.98 Å². The zero-order valence-corrected chi connectivity index (χ0v) is 18.1. The molecule has 1 amide bonds. The van der Waals surface area contributed by atoms with E-state index in [4.69, 9.17) is 4.74 Å². The quantitative estimate of drug-likeness (QED) is 0.383. The van der Waals surface area contributed by atoms with Gasteiger partial charge in [-0.05, 0) is 55.0 Å². The number of ether oxygens (including phenoxy) is 1. The Balaban J connectivity index is 1.73. The maximum Gasteiger partial charge on any atom is 0.256 e. The average Bonchev–Trinajstić information content (AvgIpc) is 3.18. The van der Waals surface area contributed by atoms with Crippen molar-refractivity contribution < 1.29 is 9.53 Å². The maximum absolute atomic E-state index is 12.8. The standard InChI is InChI=1S/C25H23N3O2S/c1-17-15-21(25(31-17)28-24(29)18-9-4-3-5-10-18)23(27-22-13-6-7-14-26-22)19-11-8-12-20(16-19)30-2/h3-16,23H,1-2H3,(H,26,27)(H,28,29). The Bertz CT molecular complexity index is 1160.